The van der Waals surface area contributed by atoms with Crippen LogP contribution in [0.4, 0.5) is 5.13 Å². The molecule has 0 saturated carbocycles. The zero-order valence-electron chi connectivity index (χ0n) is 15.1. The standard InChI is InChI=1S/C18H21ClN6S2/c1-2-24-16(14-3-5-15(19)6-4-14)21-25(18(24)26)13-22-8-10-23(11-9-22)17-20-7-12-27-17/h3-7,12H,2,8-11,13H2,1H3. The molecule has 0 spiro atoms. The maximum absolute atomic E-state index is 6.02. The van der Waals surface area contributed by atoms with Gasteiger partial charge in [0.2, 0.25) is 0 Å². The lowest BCUT2D eigenvalue weighted by Gasteiger charge is -2.34. The van der Waals surface area contributed by atoms with E-state index in [1.54, 1.807) is 11.3 Å². The van der Waals surface area contributed by atoms with E-state index in [0.29, 0.717) is 6.67 Å². The van der Waals surface area contributed by atoms with Gasteiger partial charge in [-0.15, -0.1) is 11.3 Å². The van der Waals surface area contributed by atoms with E-state index in [1.165, 1.54) is 0 Å². The van der Waals surface area contributed by atoms with Gasteiger partial charge in [-0.2, -0.15) is 5.10 Å². The van der Waals surface area contributed by atoms with Crippen LogP contribution in [-0.4, -0.2) is 50.4 Å². The van der Waals surface area contributed by atoms with Crippen LogP contribution in [-0.2, 0) is 13.2 Å². The van der Waals surface area contributed by atoms with Crippen LogP contribution >= 0.6 is 35.2 Å². The van der Waals surface area contributed by atoms with Gasteiger partial charge in [0.25, 0.3) is 0 Å². The molecule has 0 aliphatic carbocycles. The van der Waals surface area contributed by atoms with Gasteiger partial charge < -0.3 is 9.47 Å². The molecule has 3 heterocycles. The first-order chi connectivity index (χ1) is 13.2. The summed E-state index contributed by atoms with van der Waals surface area (Å²) < 4.78 is 4.76. The predicted molar refractivity (Wildman–Crippen MR) is 113 cm³/mol. The first kappa shape index (κ1) is 18.6. The van der Waals surface area contributed by atoms with E-state index in [9.17, 15) is 0 Å². The molecule has 1 fully saturated rings. The van der Waals surface area contributed by atoms with Crippen LogP contribution in [0.5, 0.6) is 0 Å². The van der Waals surface area contributed by atoms with Crippen molar-refractivity contribution in [2.24, 2.45) is 0 Å². The van der Waals surface area contributed by atoms with Crippen LogP contribution in [0, 0.1) is 4.77 Å². The van der Waals surface area contributed by atoms with Crippen LogP contribution in [0.3, 0.4) is 0 Å². The lowest BCUT2D eigenvalue weighted by Crippen LogP contribution is -2.46. The maximum atomic E-state index is 6.02. The van der Waals surface area contributed by atoms with Crippen molar-refractivity contribution in [2.45, 2.75) is 20.1 Å². The Morgan fingerprint density at radius 3 is 2.52 bits per heavy atom. The number of benzene rings is 1. The topological polar surface area (TPSA) is 42.1 Å². The molecule has 0 atom stereocenters. The summed E-state index contributed by atoms with van der Waals surface area (Å²) in [7, 11) is 0. The van der Waals surface area contributed by atoms with E-state index in [1.807, 2.05) is 40.5 Å². The Labute approximate surface area is 172 Å². The second kappa shape index (κ2) is 8.10. The average molecular weight is 421 g/mol. The highest BCUT2D eigenvalue weighted by Gasteiger charge is 2.20. The van der Waals surface area contributed by atoms with Crippen molar-refractivity contribution in [2.75, 3.05) is 31.1 Å². The van der Waals surface area contributed by atoms with Crippen molar-refractivity contribution in [1.82, 2.24) is 24.2 Å². The zero-order valence-corrected chi connectivity index (χ0v) is 17.5. The number of halogens is 1. The molecule has 0 unspecified atom stereocenters. The Morgan fingerprint density at radius 1 is 1.15 bits per heavy atom. The highest BCUT2D eigenvalue weighted by atomic mass is 35.5. The van der Waals surface area contributed by atoms with Crippen LogP contribution in [0.15, 0.2) is 35.8 Å². The number of anilines is 1. The van der Waals surface area contributed by atoms with Gasteiger partial charge in [0.15, 0.2) is 15.7 Å². The normalized spacial score (nSPS) is 15.4. The molecule has 0 radical (unpaired) electrons. The monoisotopic (exact) mass is 420 g/mol. The van der Waals surface area contributed by atoms with Crippen LogP contribution in [0.1, 0.15) is 6.92 Å². The fraction of sp³-hybridized carbons (Fsp3) is 0.389. The minimum atomic E-state index is 0.706. The Hall–Kier alpha value is -1.74. The van der Waals surface area contributed by atoms with Crippen LogP contribution in [0.2, 0.25) is 5.02 Å². The number of piperazine rings is 1. The molecule has 1 saturated heterocycles. The number of aromatic nitrogens is 4. The third-order valence-corrected chi connectivity index (χ3v) is 6.25. The SMILES string of the molecule is CCn1c(-c2ccc(Cl)cc2)nn(CN2CCN(c3nccs3)CC2)c1=S. The summed E-state index contributed by atoms with van der Waals surface area (Å²) in [5.41, 5.74) is 1.03. The summed E-state index contributed by atoms with van der Waals surface area (Å²) in [5, 5.41) is 8.66. The first-order valence-corrected chi connectivity index (χ1v) is 10.6. The van der Waals surface area contributed by atoms with E-state index in [2.05, 4.69) is 26.3 Å². The van der Waals surface area contributed by atoms with Crippen molar-refractivity contribution in [3.63, 3.8) is 0 Å². The van der Waals surface area contributed by atoms with Gasteiger partial charge >= 0.3 is 0 Å². The Balaban J connectivity index is 1.50. The number of nitrogens with zero attached hydrogens (tertiary/aromatic N) is 6. The van der Waals surface area contributed by atoms with Crippen LogP contribution in [0.25, 0.3) is 11.4 Å². The molecule has 1 aromatic carbocycles. The third kappa shape index (κ3) is 3.94. The molecule has 0 bridgehead atoms. The van der Waals surface area contributed by atoms with Gasteiger partial charge in [-0.05, 0) is 43.4 Å². The summed E-state index contributed by atoms with van der Waals surface area (Å²) in [4.78, 5) is 9.13. The van der Waals surface area contributed by atoms with Crippen molar-refractivity contribution in [3.05, 3.63) is 45.6 Å². The molecule has 1 aliphatic rings. The molecule has 27 heavy (non-hydrogen) atoms. The number of thiazole rings is 1. The van der Waals surface area contributed by atoms with Crippen molar-refractivity contribution in [1.29, 1.82) is 0 Å². The molecule has 142 valence electrons. The molecule has 9 heteroatoms. The summed E-state index contributed by atoms with van der Waals surface area (Å²) >= 11 is 13.4. The molecule has 0 amide bonds. The summed E-state index contributed by atoms with van der Waals surface area (Å²) in [6.07, 6.45) is 1.86. The van der Waals surface area contributed by atoms with Gasteiger partial charge in [0, 0.05) is 54.9 Å². The van der Waals surface area contributed by atoms with E-state index >= 15 is 0 Å². The smallest absolute Gasteiger partial charge is 0.199 e. The van der Waals surface area contributed by atoms with E-state index in [-0.39, 0.29) is 0 Å². The molecule has 3 aromatic rings. The first-order valence-electron chi connectivity index (χ1n) is 8.96. The zero-order chi connectivity index (χ0) is 18.8. The summed E-state index contributed by atoms with van der Waals surface area (Å²) in [5.74, 6) is 0.889. The number of hydrogen-bond donors (Lipinski definition) is 0. The molecule has 0 N–H and O–H groups in total. The van der Waals surface area contributed by atoms with Gasteiger partial charge in [0.1, 0.15) is 0 Å². The molecule has 2 aromatic heterocycles. The minimum Gasteiger partial charge on any atom is -0.346 e. The molecule has 6 nitrogen and oxygen atoms in total. The maximum Gasteiger partial charge on any atom is 0.199 e. The van der Waals surface area contributed by atoms with Crippen molar-refractivity contribution in [3.8, 4) is 11.4 Å². The molecule has 1 aliphatic heterocycles. The van der Waals surface area contributed by atoms with Crippen molar-refractivity contribution < 1.29 is 0 Å². The highest BCUT2D eigenvalue weighted by Crippen LogP contribution is 2.22. The molecular weight excluding hydrogens is 400 g/mol. The Bertz CT molecular complexity index is 939. The molecular formula is C18H21ClN6S2. The minimum absolute atomic E-state index is 0.706. The quantitative estimate of drug-likeness (QED) is 0.584. The Kier molecular flexibility index (Phi) is 5.58. The van der Waals surface area contributed by atoms with Gasteiger partial charge in [0.05, 0.1) is 6.67 Å². The van der Waals surface area contributed by atoms with Gasteiger partial charge in [-0.1, -0.05) is 11.6 Å². The van der Waals surface area contributed by atoms with E-state index in [4.69, 9.17) is 28.9 Å². The summed E-state index contributed by atoms with van der Waals surface area (Å²) in [6.45, 7) is 7.47. The number of hydrogen-bond acceptors (Lipinski definition) is 6. The highest BCUT2D eigenvalue weighted by molar-refractivity contribution is 7.71. The summed E-state index contributed by atoms with van der Waals surface area (Å²) in [6, 6.07) is 7.75. The van der Waals surface area contributed by atoms with Gasteiger partial charge in [-0.3, -0.25) is 4.90 Å². The van der Waals surface area contributed by atoms with Crippen LogP contribution < -0.4 is 4.90 Å². The fourth-order valence-electron chi connectivity index (χ4n) is 3.27. The number of rotatable bonds is 5. The van der Waals surface area contributed by atoms with Crippen molar-refractivity contribution >= 4 is 40.3 Å². The molecule has 4 rings (SSSR count). The fourth-order valence-corrected chi connectivity index (χ4v) is 4.41. The lowest BCUT2D eigenvalue weighted by atomic mass is 10.2. The second-order valence-corrected chi connectivity index (χ2v) is 8.09. The lowest BCUT2D eigenvalue weighted by molar-refractivity contribution is 0.194. The average Bonchev–Trinajstić information content (AvgIpc) is 3.32. The van der Waals surface area contributed by atoms with E-state index < -0.39 is 0 Å². The third-order valence-electron chi connectivity index (χ3n) is 4.74. The Morgan fingerprint density at radius 2 is 1.89 bits per heavy atom. The predicted octanol–water partition coefficient (Wildman–Crippen LogP) is 3.99. The second-order valence-electron chi connectivity index (χ2n) is 6.42. The largest absolute Gasteiger partial charge is 0.346 e. The van der Waals surface area contributed by atoms with E-state index in [0.717, 1.165) is 59.0 Å². The van der Waals surface area contributed by atoms with Gasteiger partial charge in [-0.25, -0.2) is 9.67 Å².